The number of hydrogen-bond donors (Lipinski definition) is 1. The number of pyridine rings is 1. The number of hydrogen-bond acceptors (Lipinski definition) is 5. The fraction of sp³-hybridized carbons (Fsp3) is 0.429. The summed E-state index contributed by atoms with van der Waals surface area (Å²) in [7, 11) is 3.20. The first-order valence-corrected chi connectivity index (χ1v) is 9.33. The maximum Gasteiger partial charge on any atom is 0.259 e. The predicted molar refractivity (Wildman–Crippen MR) is 104 cm³/mol. The molecule has 7 heteroatoms. The van der Waals surface area contributed by atoms with Crippen LogP contribution in [0.15, 0.2) is 42.7 Å². The quantitative estimate of drug-likeness (QED) is 0.792. The number of methoxy groups -OCH3 is 2. The van der Waals surface area contributed by atoms with Gasteiger partial charge in [-0.1, -0.05) is 6.07 Å². The minimum Gasteiger partial charge on any atom is -0.497 e. The van der Waals surface area contributed by atoms with Crippen LogP contribution in [0.3, 0.4) is 0 Å². The Morgan fingerprint density at radius 2 is 2.04 bits per heavy atom. The summed E-state index contributed by atoms with van der Waals surface area (Å²) < 4.78 is 26.1. The molecule has 2 heterocycles. The van der Waals surface area contributed by atoms with E-state index in [1.54, 1.807) is 38.7 Å². The molecular formula is C21H26FN3O3. The van der Waals surface area contributed by atoms with Gasteiger partial charge in [0.25, 0.3) is 5.91 Å². The van der Waals surface area contributed by atoms with Crippen molar-refractivity contribution in [2.75, 3.05) is 27.3 Å². The molecule has 1 aromatic heterocycles. The zero-order valence-corrected chi connectivity index (χ0v) is 16.3. The molecule has 1 fully saturated rings. The van der Waals surface area contributed by atoms with Crippen molar-refractivity contribution in [2.24, 2.45) is 0 Å². The zero-order valence-electron chi connectivity index (χ0n) is 16.3. The number of nitrogens with zero attached hydrogens (tertiary/aromatic N) is 2. The lowest BCUT2D eigenvalue weighted by atomic mass is 9.93. The maximum atomic E-state index is 15.4. The van der Waals surface area contributed by atoms with Crippen molar-refractivity contribution in [3.63, 3.8) is 0 Å². The number of rotatable bonds is 7. The Labute approximate surface area is 164 Å². The van der Waals surface area contributed by atoms with Crippen LogP contribution in [0.4, 0.5) is 4.39 Å². The van der Waals surface area contributed by atoms with E-state index in [2.05, 4.69) is 10.3 Å². The van der Waals surface area contributed by atoms with Crippen LogP contribution >= 0.6 is 0 Å². The van der Waals surface area contributed by atoms with Gasteiger partial charge in [-0.15, -0.1) is 0 Å². The van der Waals surface area contributed by atoms with E-state index in [0.717, 1.165) is 17.7 Å². The van der Waals surface area contributed by atoms with Gasteiger partial charge in [0.2, 0.25) is 5.67 Å². The Balaban J connectivity index is 1.63. The van der Waals surface area contributed by atoms with Gasteiger partial charge in [0.05, 0.1) is 14.2 Å². The zero-order chi connectivity index (χ0) is 20.0. The van der Waals surface area contributed by atoms with E-state index < -0.39 is 11.6 Å². The molecule has 1 atom stereocenters. The number of piperidine rings is 1. The second-order valence-electron chi connectivity index (χ2n) is 7.00. The molecule has 6 nitrogen and oxygen atoms in total. The molecule has 28 heavy (non-hydrogen) atoms. The highest BCUT2D eigenvalue weighted by Crippen LogP contribution is 2.30. The number of likely N-dealkylation sites (tertiary alicyclic amines) is 1. The summed E-state index contributed by atoms with van der Waals surface area (Å²) in [6.45, 7) is 1.60. The first kappa shape index (κ1) is 20.1. The molecule has 0 aliphatic carbocycles. The molecule has 1 N–H and O–H groups in total. The minimum atomic E-state index is -1.90. The summed E-state index contributed by atoms with van der Waals surface area (Å²) in [5.74, 6) is 0.835. The highest BCUT2D eigenvalue weighted by atomic mass is 19.1. The van der Waals surface area contributed by atoms with E-state index >= 15 is 4.39 Å². The monoisotopic (exact) mass is 387 g/mol. The minimum absolute atomic E-state index is 0.0599. The fourth-order valence-electron chi connectivity index (χ4n) is 3.48. The normalized spacial score (nSPS) is 19.8. The lowest BCUT2D eigenvalue weighted by Gasteiger charge is -2.36. The van der Waals surface area contributed by atoms with Gasteiger partial charge in [-0.25, -0.2) is 4.39 Å². The van der Waals surface area contributed by atoms with Crippen LogP contribution in [0.1, 0.15) is 24.0 Å². The van der Waals surface area contributed by atoms with Gasteiger partial charge in [-0.2, -0.15) is 0 Å². The van der Waals surface area contributed by atoms with Gasteiger partial charge >= 0.3 is 0 Å². The second kappa shape index (κ2) is 9.01. The Morgan fingerprint density at radius 3 is 2.75 bits per heavy atom. The molecule has 150 valence electrons. The van der Waals surface area contributed by atoms with Gasteiger partial charge in [-0.3, -0.25) is 14.7 Å². The molecule has 0 saturated carbocycles. The van der Waals surface area contributed by atoms with Crippen LogP contribution in [-0.2, 0) is 17.9 Å². The number of alkyl halides is 1. The standard InChI is InChI=1S/C21H26FN3O3/c1-27-18-5-4-17(19(12-18)28-2)14-25-11-3-8-21(22,15-25)20(26)24-13-16-6-9-23-10-7-16/h4-7,9-10,12H,3,8,11,13-15H2,1-2H3,(H,24,26). The summed E-state index contributed by atoms with van der Waals surface area (Å²) in [5.41, 5.74) is -0.0716. The van der Waals surface area contributed by atoms with E-state index in [4.69, 9.17) is 9.47 Å². The number of carbonyl (C=O) groups excluding carboxylic acids is 1. The topological polar surface area (TPSA) is 63.7 Å². The maximum absolute atomic E-state index is 15.4. The third kappa shape index (κ3) is 4.78. The summed E-state index contributed by atoms with van der Waals surface area (Å²) in [5, 5.41) is 2.72. The molecule has 1 aromatic carbocycles. The SMILES string of the molecule is COc1ccc(CN2CCCC(F)(C(=O)NCc3ccncc3)C2)c(OC)c1. The Morgan fingerprint density at radius 1 is 1.25 bits per heavy atom. The summed E-state index contributed by atoms with van der Waals surface area (Å²) in [6, 6.07) is 9.17. The molecule has 1 saturated heterocycles. The van der Waals surface area contributed by atoms with E-state index in [1.165, 1.54) is 0 Å². The number of aromatic nitrogens is 1. The van der Waals surface area contributed by atoms with Crippen LogP contribution in [0.5, 0.6) is 11.5 Å². The van der Waals surface area contributed by atoms with Gasteiger partial charge in [0.1, 0.15) is 11.5 Å². The molecule has 0 spiro atoms. The Kier molecular flexibility index (Phi) is 6.46. The molecule has 1 aliphatic heterocycles. The first-order valence-electron chi connectivity index (χ1n) is 9.33. The van der Waals surface area contributed by atoms with Crippen molar-refractivity contribution < 1.29 is 18.7 Å². The second-order valence-corrected chi connectivity index (χ2v) is 7.00. The van der Waals surface area contributed by atoms with Crippen LogP contribution in [-0.4, -0.2) is 48.8 Å². The van der Waals surface area contributed by atoms with E-state index in [9.17, 15) is 4.79 Å². The lowest BCUT2D eigenvalue weighted by Crippen LogP contribution is -2.53. The van der Waals surface area contributed by atoms with Crippen molar-refractivity contribution in [1.29, 1.82) is 0 Å². The number of halogens is 1. The average molecular weight is 387 g/mol. The van der Waals surface area contributed by atoms with Gasteiger partial charge in [0, 0.05) is 43.7 Å². The van der Waals surface area contributed by atoms with Gasteiger partial charge in [-0.05, 0) is 43.1 Å². The lowest BCUT2D eigenvalue weighted by molar-refractivity contribution is -0.137. The largest absolute Gasteiger partial charge is 0.497 e. The molecule has 2 aromatic rings. The summed E-state index contributed by atoms with van der Waals surface area (Å²) >= 11 is 0. The van der Waals surface area contributed by atoms with Gasteiger partial charge < -0.3 is 14.8 Å². The molecule has 1 unspecified atom stereocenters. The molecule has 0 bridgehead atoms. The summed E-state index contributed by atoms with van der Waals surface area (Å²) in [6.07, 6.45) is 4.15. The van der Waals surface area contributed by atoms with E-state index in [-0.39, 0.29) is 13.0 Å². The summed E-state index contributed by atoms with van der Waals surface area (Å²) in [4.78, 5) is 18.4. The number of ether oxygens (including phenoxy) is 2. The molecule has 1 amide bonds. The Bertz CT molecular complexity index is 803. The van der Waals surface area contributed by atoms with Crippen LogP contribution in [0, 0.1) is 0 Å². The predicted octanol–water partition coefficient (Wildman–Crippen LogP) is 2.72. The first-order chi connectivity index (χ1) is 13.5. The van der Waals surface area contributed by atoms with E-state index in [1.807, 2.05) is 23.1 Å². The van der Waals surface area contributed by atoms with E-state index in [0.29, 0.717) is 31.0 Å². The van der Waals surface area contributed by atoms with Gasteiger partial charge in [0.15, 0.2) is 0 Å². The smallest absolute Gasteiger partial charge is 0.259 e. The van der Waals surface area contributed by atoms with Crippen LogP contribution in [0.25, 0.3) is 0 Å². The Hall–Kier alpha value is -2.67. The number of carbonyl (C=O) groups is 1. The third-order valence-corrected chi connectivity index (χ3v) is 5.02. The molecule has 3 rings (SSSR count). The number of benzene rings is 1. The van der Waals surface area contributed by atoms with Crippen molar-refractivity contribution in [1.82, 2.24) is 15.2 Å². The molecular weight excluding hydrogens is 361 g/mol. The third-order valence-electron chi connectivity index (χ3n) is 5.02. The van der Waals surface area contributed by atoms with Crippen molar-refractivity contribution in [3.8, 4) is 11.5 Å². The number of nitrogens with one attached hydrogen (secondary N) is 1. The molecule has 0 radical (unpaired) electrons. The number of amides is 1. The average Bonchev–Trinajstić information content (AvgIpc) is 2.73. The fourth-order valence-corrected chi connectivity index (χ4v) is 3.48. The van der Waals surface area contributed by atoms with Crippen LogP contribution < -0.4 is 14.8 Å². The van der Waals surface area contributed by atoms with Crippen molar-refractivity contribution in [2.45, 2.75) is 31.6 Å². The van der Waals surface area contributed by atoms with Crippen molar-refractivity contribution >= 4 is 5.91 Å². The highest BCUT2D eigenvalue weighted by molar-refractivity contribution is 5.85. The van der Waals surface area contributed by atoms with Crippen LogP contribution in [0.2, 0.25) is 0 Å². The highest BCUT2D eigenvalue weighted by Gasteiger charge is 2.42. The van der Waals surface area contributed by atoms with Crippen molar-refractivity contribution in [3.05, 3.63) is 53.9 Å². The molecule has 1 aliphatic rings.